The van der Waals surface area contributed by atoms with Crippen molar-refractivity contribution in [2.45, 2.75) is 24.9 Å². The van der Waals surface area contributed by atoms with E-state index in [4.69, 9.17) is 5.73 Å². The van der Waals surface area contributed by atoms with Gasteiger partial charge in [-0.1, -0.05) is 0 Å². The Labute approximate surface area is 122 Å². The standard InChI is InChI=1S/C11H19N3O5S/c1-19-10(17)4-13-11(18)8(6-20)14-9(16)3-2-7(12)5-15/h5,7-8,20H,2-4,6,12H2,1H3,(H,13,18)(H,14,16). The van der Waals surface area contributed by atoms with E-state index in [9.17, 15) is 19.2 Å². The van der Waals surface area contributed by atoms with Gasteiger partial charge in [-0.15, -0.1) is 0 Å². The lowest BCUT2D eigenvalue weighted by molar-refractivity contribution is -0.141. The molecule has 0 spiro atoms. The van der Waals surface area contributed by atoms with Crippen LogP contribution in [0, 0.1) is 0 Å². The Kier molecular flexibility index (Phi) is 9.39. The molecule has 0 radical (unpaired) electrons. The van der Waals surface area contributed by atoms with Crippen molar-refractivity contribution in [1.82, 2.24) is 10.6 Å². The van der Waals surface area contributed by atoms with Crippen molar-refractivity contribution < 1.29 is 23.9 Å². The number of nitrogens with one attached hydrogen (secondary N) is 2. The lowest BCUT2D eigenvalue weighted by Crippen LogP contribution is -2.49. The van der Waals surface area contributed by atoms with E-state index in [1.165, 1.54) is 7.11 Å². The molecule has 0 rings (SSSR count). The highest BCUT2D eigenvalue weighted by Gasteiger charge is 2.20. The molecule has 0 aromatic carbocycles. The first-order valence-corrected chi connectivity index (χ1v) is 6.53. The van der Waals surface area contributed by atoms with Crippen LogP contribution < -0.4 is 16.4 Å². The van der Waals surface area contributed by atoms with Gasteiger partial charge in [0, 0.05) is 12.2 Å². The molecule has 0 fully saturated rings. The quantitative estimate of drug-likeness (QED) is 0.221. The van der Waals surface area contributed by atoms with Gasteiger partial charge in [0.05, 0.1) is 13.2 Å². The van der Waals surface area contributed by atoms with E-state index in [1.807, 2.05) is 0 Å². The highest BCUT2D eigenvalue weighted by molar-refractivity contribution is 7.80. The van der Waals surface area contributed by atoms with Gasteiger partial charge >= 0.3 is 5.97 Å². The Balaban J connectivity index is 4.18. The summed E-state index contributed by atoms with van der Waals surface area (Å²) >= 11 is 3.95. The van der Waals surface area contributed by atoms with Crippen LogP contribution in [0.15, 0.2) is 0 Å². The third kappa shape index (κ3) is 7.74. The summed E-state index contributed by atoms with van der Waals surface area (Å²) in [5, 5.41) is 4.74. The minimum absolute atomic E-state index is 0.0223. The zero-order valence-electron chi connectivity index (χ0n) is 11.1. The van der Waals surface area contributed by atoms with E-state index >= 15 is 0 Å². The number of amides is 2. The van der Waals surface area contributed by atoms with Gasteiger partial charge in [0.15, 0.2) is 0 Å². The van der Waals surface area contributed by atoms with Crippen LogP contribution in [-0.4, -0.2) is 55.6 Å². The number of ether oxygens (including phenoxy) is 1. The molecule has 2 amide bonds. The molecule has 8 nitrogen and oxygen atoms in total. The lowest BCUT2D eigenvalue weighted by Gasteiger charge is -2.16. The molecule has 0 aliphatic heterocycles. The summed E-state index contributed by atoms with van der Waals surface area (Å²) in [4.78, 5) is 44.4. The predicted octanol–water partition coefficient (Wildman–Crippen LogP) is -2.00. The molecule has 0 aromatic heterocycles. The van der Waals surface area contributed by atoms with Crippen molar-refractivity contribution >= 4 is 36.7 Å². The summed E-state index contributed by atoms with van der Waals surface area (Å²) in [5.74, 6) is -1.49. The average Bonchev–Trinajstić information content (AvgIpc) is 2.46. The van der Waals surface area contributed by atoms with Crippen LogP contribution in [-0.2, 0) is 23.9 Å². The second kappa shape index (κ2) is 10.2. The first-order valence-electron chi connectivity index (χ1n) is 5.90. The maximum Gasteiger partial charge on any atom is 0.325 e. The van der Waals surface area contributed by atoms with Crippen molar-refractivity contribution in [3.8, 4) is 0 Å². The zero-order chi connectivity index (χ0) is 15.5. The Morgan fingerprint density at radius 1 is 1.40 bits per heavy atom. The summed E-state index contributed by atoms with van der Waals surface area (Å²) in [6, 6.07) is -1.58. The second-order valence-electron chi connectivity index (χ2n) is 3.94. The second-order valence-corrected chi connectivity index (χ2v) is 4.30. The third-order valence-corrected chi connectivity index (χ3v) is 2.71. The van der Waals surface area contributed by atoms with E-state index in [1.54, 1.807) is 0 Å². The minimum atomic E-state index is -0.872. The first kappa shape index (κ1) is 18.4. The van der Waals surface area contributed by atoms with Crippen molar-refractivity contribution in [2.24, 2.45) is 5.73 Å². The maximum absolute atomic E-state index is 11.7. The van der Waals surface area contributed by atoms with Gasteiger partial charge in [-0.3, -0.25) is 14.4 Å². The molecule has 2 unspecified atom stereocenters. The van der Waals surface area contributed by atoms with Crippen LogP contribution in [0.1, 0.15) is 12.8 Å². The molecule has 0 bridgehead atoms. The fourth-order valence-electron chi connectivity index (χ4n) is 1.18. The van der Waals surface area contributed by atoms with Gasteiger partial charge < -0.3 is 25.9 Å². The van der Waals surface area contributed by atoms with Crippen LogP contribution in [0.5, 0.6) is 0 Å². The number of methoxy groups -OCH3 is 1. The third-order valence-electron chi connectivity index (χ3n) is 2.35. The van der Waals surface area contributed by atoms with Gasteiger partial charge in [-0.05, 0) is 6.42 Å². The summed E-state index contributed by atoms with van der Waals surface area (Å²) in [6.45, 7) is -0.286. The lowest BCUT2D eigenvalue weighted by atomic mass is 10.2. The molecule has 0 aliphatic rings. The Morgan fingerprint density at radius 2 is 2.05 bits per heavy atom. The summed E-state index contributed by atoms with van der Waals surface area (Å²) in [5.41, 5.74) is 5.35. The smallest absolute Gasteiger partial charge is 0.325 e. The number of nitrogens with two attached hydrogens (primary N) is 1. The van der Waals surface area contributed by atoms with Crippen LogP contribution >= 0.6 is 12.6 Å². The van der Waals surface area contributed by atoms with Crippen molar-refractivity contribution in [2.75, 3.05) is 19.4 Å². The van der Waals surface area contributed by atoms with Crippen LogP contribution in [0.4, 0.5) is 0 Å². The molecule has 0 aliphatic carbocycles. The molecule has 0 aromatic rings. The van der Waals surface area contributed by atoms with Crippen LogP contribution in [0.3, 0.4) is 0 Å². The molecule has 0 saturated heterocycles. The molecule has 2 atom stereocenters. The van der Waals surface area contributed by atoms with Gasteiger partial charge in [-0.2, -0.15) is 12.6 Å². The highest BCUT2D eigenvalue weighted by Crippen LogP contribution is 1.95. The molecular weight excluding hydrogens is 286 g/mol. The topological polar surface area (TPSA) is 128 Å². The monoisotopic (exact) mass is 305 g/mol. The van der Waals surface area contributed by atoms with Crippen molar-refractivity contribution in [3.63, 3.8) is 0 Å². The minimum Gasteiger partial charge on any atom is -0.468 e. The number of esters is 1. The van der Waals surface area contributed by atoms with Gasteiger partial charge in [0.1, 0.15) is 18.9 Å². The first-order chi connectivity index (χ1) is 9.44. The number of hydrogen-bond donors (Lipinski definition) is 4. The van der Waals surface area contributed by atoms with Crippen molar-refractivity contribution in [1.29, 1.82) is 0 Å². The van der Waals surface area contributed by atoms with Crippen LogP contribution in [0.25, 0.3) is 0 Å². The maximum atomic E-state index is 11.7. The largest absolute Gasteiger partial charge is 0.468 e. The Bertz CT molecular complexity index is 364. The Morgan fingerprint density at radius 3 is 2.55 bits per heavy atom. The van der Waals surface area contributed by atoms with Gasteiger partial charge in [0.2, 0.25) is 11.8 Å². The number of hydrogen-bond acceptors (Lipinski definition) is 7. The zero-order valence-corrected chi connectivity index (χ0v) is 12.0. The number of aldehydes is 1. The van der Waals surface area contributed by atoms with Gasteiger partial charge in [0.25, 0.3) is 0 Å². The number of rotatable bonds is 9. The molecule has 0 saturated carbocycles. The fourth-order valence-corrected chi connectivity index (χ4v) is 1.44. The van der Waals surface area contributed by atoms with E-state index in [0.29, 0.717) is 6.29 Å². The van der Waals surface area contributed by atoms with Crippen LogP contribution in [0.2, 0.25) is 0 Å². The van der Waals surface area contributed by atoms with E-state index in [2.05, 4.69) is 28.0 Å². The van der Waals surface area contributed by atoms with Gasteiger partial charge in [-0.25, -0.2) is 0 Å². The van der Waals surface area contributed by atoms with E-state index in [-0.39, 0.29) is 25.1 Å². The summed E-state index contributed by atoms with van der Waals surface area (Å²) in [6.07, 6.45) is 0.763. The molecular formula is C11H19N3O5S. The molecule has 20 heavy (non-hydrogen) atoms. The molecule has 0 heterocycles. The van der Waals surface area contributed by atoms with E-state index < -0.39 is 29.9 Å². The molecule has 9 heteroatoms. The number of carbonyl (C=O) groups is 4. The number of thiol groups is 1. The molecule has 114 valence electrons. The van der Waals surface area contributed by atoms with E-state index in [0.717, 1.165) is 0 Å². The number of carbonyl (C=O) groups excluding carboxylic acids is 4. The Hall–Kier alpha value is -1.61. The predicted molar refractivity (Wildman–Crippen MR) is 74.1 cm³/mol. The normalized spacial score (nSPS) is 12.9. The van der Waals surface area contributed by atoms with Crippen molar-refractivity contribution in [3.05, 3.63) is 0 Å². The highest BCUT2D eigenvalue weighted by atomic mass is 32.1. The summed E-state index contributed by atoms with van der Waals surface area (Å²) < 4.78 is 4.37. The molecule has 4 N–H and O–H groups in total. The summed E-state index contributed by atoms with van der Waals surface area (Å²) in [7, 11) is 1.20. The fraction of sp³-hybridized carbons (Fsp3) is 0.636. The SMILES string of the molecule is COC(=O)CNC(=O)C(CS)NC(=O)CCC(N)C=O. The average molecular weight is 305 g/mol.